The van der Waals surface area contributed by atoms with Crippen LogP contribution in [0.2, 0.25) is 0 Å². The lowest BCUT2D eigenvalue weighted by Crippen LogP contribution is -2.22. The van der Waals surface area contributed by atoms with Gasteiger partial charge in [-0.1, -0.05) is 51.4 Å². The molecular formula is C17H12BrFN2O2. The molecule has 0 saturated carbocycles. The van der Waals surface area contributed by atoms with Crippen molar-refractivity contribution in [1.29, 1.82) is 0 Å². The second-order valence-corrected chi connectivity index (χ2v) is 5.78. The Morgan fingerprint density at radius 2 is 1.96 bits per heavy atom. The molecule has 4 nitrogen and oxygen atoms in total. The Balaban J connectivity index is 1.69. The highest BCUT2D eigenvalue weighted by Gasteiger charge is 2.14. The third-order valence-corrected chi connectivity index (χ3v) is 3.74. The number of halogens is 2. The summed E-state index contributed by atoms with van der Waals surface area (Å²) in [6.07, 6.45) is 0. The van der Waals surface area contributed by atoms with E-state index < -0.39 is 5.91 Å². The van der Waals surface area contributed by atoms with E-state index in [1.165, 1.54) is 6.07 Å². The summed E-state index contributed by atoms with van der Waals surface area (Å²) in [6, 6.07) is 15.5. The maximum atomic E-state index is 13.6. The molecule has 1 aromatic heterocycles. The van der Waals surface area contributed by atoms with E-state index in [2.05, 4.69) is 26.4 Å². The second kappa shape index (κ2) is 6.75. The van der Waals surface area contributed by atoms with Crippen LogP contribution < -0.4 is 5.32 Å². The molecule has 0 atom stereocenters. The molecule has 116 valence electrons. The van der Waals surface area contributed by atoms with Crippen LogP contribution in [0, 0.1) is 5.82 Å². The first-order valence-corrected chi connectivity index (χ1v) is 7.67. The van der Waals surface area contributed by atoms with E-state index in [0.717, 1.165) is 10.0 Å². The van der Waals surface area contributed by atoms with Crippen LogP contribution in [0.15, 0.2) is 63.6 Å². The van der Waals surface area contributed by atoms with Gasteiger partial charge in [-0.05, 0) is 18.2 Å². The molecule has 0 radical (unpaired) electrons. The molecular weight excluding hydrogens is 363 g/mol. The van der Waals surface area contributed by atoms with Crippen LogP contribution in [0.1, 0.15) is 16.1 Å². The average molecular weight is 375 g/mol. The Morgan fingerprint density at radius 1 is 1.17 bits per heavy atom. The third kappa shape index (κ3) is 3.65. The first-order valence-electron chi connectivity index (χ1n) is 6.88. The summed E-state index contributed by atoms with van der Waals surface area (Å²) in [5, 5.41) is 6.49. The SMILES string of the molecule is O=C(NCc1cc(Br)ccc1F)c1cc(-c2ccccc2)no1. The number of nitrogens with zero attached hydrogens (tertiary/aromatic N) is 1. The Labute approximate surface area is 140 Å². The van der Waals surface area contributed by atoms with E-state index in [4.69, 9.17) is 4.52 Å². The quantitative estimate of drug-likeness (QED) is 0.745. The van der Waals surface area contributed by atoms with Gasteiger partial charge in [0.05, 0.1) is 0 Å². The standard InChI is InChI=1S/C17H12BrFN2O2/c18-13-6-7-14(19)12(8-13)10-20-17(22)16-9-15(21-23-16)11-4-2-1-3-5-11/h1-9H,10H2,(H,20,22). The van der Waals surface area contributed by atoms with Crippen LogP contribution in [0.25, 0.3) is 11.3 Å². The summed E-state index contributed by atoms with van der Waals surface area (Å²) < 4.78 is 19.4. The lowest BCUT2D eigenvalue weighted by atomic mass is 10.1. The number of carbonyl (C=O) groups is 1. The molecule has 1 N–H and O–H groups in total. The topological polar surface area (TPSA) is 55.1 Å². The molecule has 0 spiro atoms. The highest BCUT2D eigenvalue weighted by Crippen LogP contribution is 2.19. The first-order chi connectivity index (χ1) is 11.1. The molecule has 23 heavy (non-hydrogen) atoms. The van der Waals surface area contributed by atoms with Crippen LogP contribution in [0.4, 0.5) is 4.39 Å². The predicted octanol–water partition coefficient (Wildman–Crippen LogP) is 4.17. The molecule has 2 aromatic carbocycles. The molecule has 0 aliphatic rings. The van der Waals surface area contributed by atoms with Gasteiger partial charge < -0.3 is 9.84 Å². The van der Waals surface area contributed by atoms with Crippen molar-refractivity contribution < 1.29 is 13.7 Å². The lowest BCUT2D eigenvalue weighted by molar-refractivity contribution is 0.0913. The van der Waals surface area contributed by atoms with Gasteiger partial charge in [0.15, 0.2) is 0 Å². The molecule has 0 aliphatic carbocycles. The zero-order valence-electron chi connectivity index (χ0n) is 11.9. The van der Waals surface area contributed by atoms with Crippen LogP contribution in [-0.2, 0) is 6.54 Å². The number of rotatable bonds is 4. The van der Waals surface area contributed by atoms with Gasteiger partial charge in [0.25, 0.3) is 5.91 Å². The molecule has 1 heterocycles. The Hall–Kier alpha value is -2.47. The van der Waals surface area contributed by atoms with Crippen LogP contribution in [0.5, 0.6) is 0 Å². The number of amides is 1. The monoisotopic (exact) mass is 374 g/mol. The van der Waals surface area contributed by atoms with Crippen molar-refractivity contribution in [1.82, 2.24) is 10.5 Å². The maximum Gasteiger partial charge on any atom is 0.290 e. The van der Waals surface area contributed by atoms with Gasteiger partial charge in [0.1, 0.15) is 11.5 Å². The van der Waals surface area contributed by atoms with Gasteiger partial charge in [-0.25, -0.2) is 4.39 Å². The summed E-state index contributed by atoms with van der Waals surface area (Å²) in [5.74, 6) is -0.741. The summed E-state index contributed by atoms with van der Waals surface area (Å²) in [6.45, 7) is 0.0610. The Bertz CT molecular complexity index is 834. The molecule has 3 aromatic rings. The van der Waals surface area contributed by atoms with Crippen molar-refractivity contribution >= 4 is 21.8 Å². The zero-order valence-corrected chi connectivity index (χ0v) is 13.5. The minimum atomic E-state index is -0.445. The first kappa shape index (κ1) is 15.4. The number of hydrogen-bond acceptors (Lipinski definition) is 3. The molecule has 0 bridgehead atoms. The van der Waals surface area contributed by atoms with Crippen molar-refractivity contribution in [2.45, 2.75) is 6.54 Å². The number of aromatic nitrogens is 1. The third-order valence-electron chi connectivity index (χ3n) is 3.25. The molecule has 6 heteroatoms. The number of carbonyl (C=O) groups excluding carboxylic acids is 1. The van der Waals surface area contributed by atoms with E-state index in [1.54, 1.807) is 18.2 Å². The fraction of sp³-hybridized carbons (Fsp3) is 0.0588. The Kier molecular flexibility index (Phi) is 4.52. The molecule has 1 amide bonds. The molecule has 0 aliphatic heterocycles. The minimum absolute atomic E-state index is 0.0610. The lowest BCUT2D eigenvalue weighted by Gasteiger charge is -2.05. The highest BCUT2D eigenvalue weighted by molar-refractivity contribution is 9.10. The number of nitrogens with one attached hydrogen (secondary N) is 1. The second-order valence-electron chi connectivity index (χ2n) is 4.86. The maximum absolute atomic E-state index is 13.6. The highest BCUT2D eigenvalue weighted by atomic mass is 79.9. The van der Waals surface area contributed by atoms with Crippen molar-refractivity contribution in [3.05, 3.63) is 76.2 Å². The summed E-state index contributed by atoms with van der Waals surface area (Å²) in [4.78, 5) is 12.1. The number of benzene rings is 2. The van der Waals surface area contributed by atoms with E-state index in [1.807, 2.05) is 30.3 Å². The molecule has 0 saturated heterocycles. The Morgan fingerprint density at radius 3 is 2.74 bits per heavy atom. The van der Waals surface area contributed by atoms with Gasteiger partial charge in [0.2, 0.25) is 5.76 Å². The van der Waals surface area contributed by atoms with Crippen LogP contribution in [-0.4, -0.2) is 11.1 Å². The van der Waals surface area contributed by atoms with Crippen molar-refractivity contribution in [2.24, 2.45) is 0 Å². The van der Waals surface area contributed by atoms with Gasteiger partial charge >= 0.3 is 0 Å². The van der Waals surface area contributed by atoms with E-state index >= 15 is 0 Å². The van der Waals surface area contributed by atoms with Gasteiger partial charge in [0, 0.05) is 28.2 Å². The summed E-state index contributed by atoms with van der Waals surface area (Å²) >= 11 is 3.27. The van der Waals surface area contributed by atoms with Crippen LogP contribution >= 0.6 is 15.9 Å². The average Bonchev–Trinajstić information content (AvgIpc) is 3.06. The van der Waals surface area contributed by atoms with E-state index in [0.29, 0.717) is 11.3 Å². The minimum Gasteiger partial charge on any atom is -0.350 e. The van der Waals surface area contributed by atoms with E-state index in [-0.39, 0.29) is 18.1 Å². The molecule has 0 unspecified atom stereocenters. The zero-order chi connectivity index (χ0) is 16.2. The van der Waals surface area contributed by atoms with Gasteiger partial charge in [-0.15, -0.1) is 0 Å². The largest absolute Gasteiger partial charge is 0.350 e. The molecule has 0 fully saturated rings. The van der Waals surface area contributed by atoms with Gasteiger partial charge in [-0.2, -0.15) is 0 Å². The summed E-state index contributed by atoms with van der Waals surface area (Å²) in [7, 11) is 0. The predicted molar refractivity (Wildman–Crippen MR) is 87.2 cm³/mol. The van der Waals surface area contributed by atoms with Crippen molar-refractivity contribution in [3.63, 3.8) is 0 Å². The fourth-order valence-corrected chi connectivity index (χ4v) is 2.48. The van der Waals surface area contributed by atoms with E-state index in [9.17, 15) is 9.18 Å². The van der Waals surface area contributed by atoms with Crippen molar-refractivity contribution in [3.8, 4) is 11.3 Å². The fourth-order valence-electron chi connectivity index (χ4n) is 2.07. The number of hydrogen-bond donors (Lipinski definition) is 1. The van der Waals surface area contributed by atoms with Gasteiger partial charge in [-0.3, -0.25) is 4.79 Å². The smallest absolute Gasteiger partial charge is 0.290 e. The normalized spacial score (nSPS) is 10.5. The summed E-state index contributed by atoms with van der Waals surface area (Å²) in [5.41, 5.74) is 1.81. The van der Waals surface area contributed by atoms with Crippen molar-refractivity contribution in [2.75, 3.05) is 0 Å². The molecule has 3 rings (SSSR count). The van der Waals surface area contributed by atoms with Crippen LogP contribution in [0.3, 0.4) is 0 Å².